The molecular formula is C9H15ClF3NO. The molecule has 90 valence electrons. The van der Waals surface area contributed by atoms with Gasteiger partial charge in [-0.2, -0.15) is 13.2 Å². The summed E-state index contributed by atoms with van der Waals surface area (Å²) >= 11 is 5.34. The average molecular weight is 246 g/mol. The summed E-state index contributed by atoms with van der Waals surface area (Å²) in [6.45, 7) is 2.28. The van der Waals surface area contributed by atoms with Crippen LogP contribution in [-0.2, 0) is 4.79 Å². The molecule has 0 spiro atoms. The predicted molar refractivity (Wildman–Crippen MR) is 52.8 cm³/mol. The molecule has 0 aromatic rings. The lowest BCUT2D eigenvalue weighted by molar-refractivity contribution is -0.161. The van der Waals surface area contributed by atoms with E-state index in [1.165, 1.54) is 0 Å². The normalized spacial score (nSPS) is 11.9. The van der Waals surface area contributed by atoms with Gasteiger partial charge in [-0.3, -0.25) is 4.79 Å². The van der Waals surface area contributed by atoms with E-state index in [1.54, 1.807) is 13.8 Å². The highest BCUT2D eigenvalue weighted by Gasteiger charge is 2.32. The van der Waals surface area contributed by atoms with Crippen LogP contribution in [0.2, 0.25) is 0 Å². The highest BCUT2D eigenvalue weighted by atomic mass is 35.5. The Bertz CT molecular complexity index is 206. The Morgan fingerprint density at radius 3 is 2.27 bits per heavy atom. The molecule has 0 aliphatic rings. The molecule has 0 atom stereocenters. The summed E-state index contributed by atoms with van der Waals surface area (Å²) in [5, 5.41) is 0. The number of halogens is 4. The maximum absolute atomic E-state index is 12.1. The molecule has 0 radical (unpaired) electrons. The maximum atomic E-state index is 12.1. The Morgan fingerprint density at radius 2 is 1.93 bits per heavy atom. The Hall–Kier alpha value is -0.450. The molecule has 1 amide bonds. The summed E-state index contributed by atoms with van der Waals surface area (Å²) in [6.07, 6.45) is -4.24. The number of hydrogen-bond acceptors (Lipinski definition) is 1. The standard InChI is InChI=1S/C9H15ClF3NO/c1-7(2)5-8(15)14(4-3-10)6-9(11,12)13/h7H,3-6H2,1-2H3. The number of amides is 1. The lowest BCUT2D eigenvalue weighted by Crippen LogP contribution is -2.40. The molecule has 0 aromatic heterocycles. The molecule has 0 saturated heterocycles. The van der Waals surface area contributed by atoms with Gasteiger partial charge < -0.3 is 4.90 Å². The van der Waals surface area contributed by atoms with Crippen LogP contribution in [0.4, 0.5) is 13.2 Å². The topological polar surface area (TPSA) is 20.3 Å². The Balaban J connectivity index is 4.31. The first-order chi connectivity index (χ1) is 6.76. The van der Waals surface area contributed by atoms with Gasteiger partial charge in [-0.15, -0.1) is 11.6 Å². The molecular weight excluding hydrogens is 231 g/mol. The summed E-state index contributed by atoms with van der Waals surface area (Å²) in [4.78, 5) is 12.1. The molecule has 0 N–H and O–H groups in total. The third kappa shape index (κ3) is 7.48. The molecule has 0 unspecified atom stereocenters. The zero-order valence-electron chi connectivity index (χ0n) is 8.77. The van der Waals surface area contributed by atoms with Crippen molar-refractivity contribution >= 4 is 17.5 Å². The zero-order valence-corrected chi connectivity index (χ0v) is 9.53. The second-order valence-electron chi connectivity index (χ2n) is 3.72. The second kappa shape index (κ2) is 6.20. The van der Waals surface area contributed by atoms with Crippen molar-refractivity contribution < 1.29 is 18.0 Å². The summed E-state index contributed by atoms with van der Waals surface area (Å²) < 4.78 is 36.3. The van der Waals surface area contributed by atoms with E-state index in [0.29, 0.717) is 0 Å². The van der Waals surface area contributed by atoms with E-state index in [9.17, 15) is 18.0 Å². The molecule has 6 heteroatoms. The average Bonchev–Trinajstić information content (AvgIpc) is 1.99. The first-order valence-corrected chi connectivity index (χ1v) is 5.20. The van der Waals surface area contributed by atoms with Gasteiger partial charge in [0.1, 0.15) is 6.54 Å². The number of carbonyl (C=O) groups is 1. The molecule has 0 aliphatic heterocycles. The minimum atomic E-state index is -4.36. The van der Waals surface area contributed by atoms with Crippen molar-refractivity contribution in [1.29, 1.82) is 0 Å². The van der Waals surface area contributed by atoms with Crippen molar-refractivity contribution in [3.63, 3.8) is 0 Å². The van der Waals surface area contributed by atoms with E-state index >= 15 is 0 Å². The van der Waals surface area contributed by atoms with Crippen molar-refractivity contribution in [3.8, 4) is 0 Å². The largest absolute Gasteiger partial charge is 0.406 e. The highest BCUT2D eigenvalue weighted by molar-refractivity contribution is 6.18. The third-order valence-electron chi connectivity index (χ3n) is 1.66. The fraction of sp³-hybridized carbons (Fsp3) is 0.889. The molecule has 0 rings (SSSR count). The van der Waals surface area contributed by atoms with Gasteiger partial charge in [0.05, 0.1) is 0 Å². The van der Waals surface area contributed by atoms with Gasteiger partial charge in [-0.25, -0.2) is 0 Å². The predicted octanol–water partition coefficient (Wildman–Crippen LogP) is 2.66. The van der Waals surface area contributed by atoms with E-state index in [-0.39, 0.29) is 24.8 Å². The van der Waals surface area contributed by atoms with E-state index in [1.807, 2.05) is 0 Å². The van der Waals surface area contributed by atoms with E-state index < -0.39 is 18.6 Å². The number of alkyl halides is 4. The van der Waals surface area contributed by atoms with Crippen molar-refractivity contribution in [3.05, 3.63) is 0 Å². The van der Waals surface area contributed by atoms with E-state index in [4.69, 9.17) is 11.6 Å². The van der Waals surface area contributed by atoms with Crippen LogP contribution in [0.15, 0.2) is 0 Å². The summed E-state index contributed by atoms with van der Waals surface area (Å²) in [7, 11) is 0. The van der Waals surface area contributed by atoms with Crippen LogP contribution < -0.4 is 0 Å². The van der Waals surface area contributed by atoms with Crippen LogP contribution >= 0.6 is 11.6 Å². The van der Waals surface area contributed by atoms with Crippen LogP contribution in [0.5, 0.6) is 0 Å². The lowest BCUT2D eigenvalue weighted by Gasteiger charge is -2.23. The Kier molecular flexibility index (Phi) is 6.02. The van der Waals surface area contributed by atoms with Gasteiger partial charge in [0.15, 0.2) is 0 Å². The number of hydrogen-bond donors (Lipinski definition) is 0. The molecule has 0 fully saturated rings. The Labute approximate surface area is 92.4 Å². The minimum Gasteiger partial charge on any atom is -0.332 e. The van der Waals surface area contributed by atoms with Gasteiger partial charge in [0, 0.05) is 18.8 Å². The monoisotopic (exact) mass is 245 g/mol. The summed E-state index contributed by atoms with van der Waals surface area (Å²) in [5.74, 6) is -0.438. The lowest BCUT2D eigenvalue weighted by atomic mass is 10.1. The van der Waals surface area contributed by atoms with Crippen molar-refractivity contribution in [2.75, 3.05) is 19.0 Å². The van der Waals surface area contributed by atoms with Gasteiger partial charge in [-0.05, 0) is 5.92 Å². The summed E-state index contributed by atoms with van der Waals surface area (Å²) in [6, 6.07) is 0. The second-order valence-corrected chi connectivity index (χ2v) is 4.10. The number of rotatable bonds is 5. The van der Waals surface area contributed by atoms with Gasteiger partial charge in [0.25, 0.3) is 0 Å². The van der Waals surface area contributed by atoms with Crippen LogP contribution in [-0.4, -0.2) is 36.0 Å². The first kappa shape index (κ1) is 14.6. The van der Waals surface area contributed by atoms with E-state index in [2.05, 4.69) is 0 Å². The van der Waals surface area contributed by atoms with Gasteiger partial charge >= 0.3 is 6.18 Å². The minimum absolute atomic E-state index is 0.0138. The highest BCUT2D eigenvalue weighted by Crippen LogP contribution is 2.17. The molecule has 0 heterocycles. The van der Waals surface area contributed by atoms with E-state index in [0.717, 1.165) is 4.90 Å². The van der Waals surface area contributed by atoms with Crippen molar-refractivity contribution in [2.24, 2.45) is 5.92 Å². The maximum Gasteiger partial charge on any atom is 0.406 e. The van der Waals surface area contributed by atoms with Gasteiger partial charge in [-0.1, -0.05) is 13.8 Å². The van der Waals surface area contributed by atoms with Crippen LogP contribution in [0.1, 0.15) is 20.3 Å². The molecule has 15 heavy (non-hydrogen) atoms. The third-order valence-corrected chi connectivity index (χ3v) is 1.83. The molecule has 0 aliphatic carbocycles. The number of carbonyl (C=O) groups excluding carboxylic acids is 1. The van der Waals surface area contributed by atoms with Crippen LogP contribution in [0, 0.1) is 5.92 Å². The molecule has 0 aromatic carbocycles. The fourth-order valence-corrected chi connectivity index (χ4v) is 1.29. The van der Waals surface area contributed by atoms with Crippen molar-refractivity contribution in [2.45, 2.75) is 26.4 Å². The summed E-state index contributed by atoms with van der Waals surface area (Å²) in [5.41, 5.74) is 0. The van der Waals surface area contributed by atoms with Gasteiger partial charge in [0.2, 0.25) is 5.91 Å². The fourth-order valence-electron chi connectivity index (χ4n) is 1.09. The smallest absolute Gasteiger partial charge is 0.332 e. The van der Waals surface area contributed by atoms with Crippen LogP contribution in [0.25, 0.3) is 0 Å². The SMILES string of the molecule is CC(C)CC(=O)N(CCCl)CC(F)(F)F. The van der Waals surface area contributed by atoms with Crippen molar-refractivity contribution in [1.82, 2.24) is 4.90 Å². The quantitative estimate of drug-likeness (QED) is 0.682. The number of nitrogens with zero attached hydrogens (tertiary/aromatic N) is 1. The molecule has 0 bridgehead atoms. The zero-order chi connectivity index (χ0) is 12.1. The molecule has 0 saturated carbocycles. The first-order valence-electron chi connectivity index (χ1n) is 4.66. The Morgan fingerprint density at radius 1 is 1.40 bits per heavy atom. The van der Waals surface area contributed by atoms with Crippen LogP contribution in [0.3, 0.4) is 0 Å². The molecule has 2 nitrogen and oxygen atoms in total.